The Kier molecular flexibility index (Phi) is 4.68. The third-order valence-electron chi connectivity index (χ3n) is 1.99. The summed E-state index contributed by atoms with van der Waals surface area (Å²) in [6.07, 6.45) is 3.26. The lowest BCUT2D eigenvalue weighted by Gasteiger charge is -2.17. The van der Waals surface area contributed by atoms with Crippen molar-refractivity contribution < 1.29 is 14.3 Å². The Morgan fingerprint density at radius 3 is 2.71 bits per heavy atom. The van der Waals surface area contributed by atoms with Gasteiger partial charge in [0.25, 0.3) is 0 Å². The van der Waals surface area contributed by atoms with Gasteiger partial charge in [0.2, 0.25) is 5.91 Å². The quantitative estimate of drug-likeness (QED) is 0.729. The molecule has 0 aromatic carbocycles. The SMILES string of the molecule is CC(=O)N[C@@H](Cc1cnc[nH]1)C(=O)OC(C)C. The molecule has 1 aromatic heterocycles. The number of hydrogen-bond acceptors (Lipinski definition) is 4. The summed E-state index contributed by atoms with van der Waals surface area (Å²) >= 11 is 0. The zero-order valence-electron chi connectivity index (χ0n) is 10.2. The van der Waals surface area contributed by atoms with E-state index in [1.54, 1.807) is 20.0 Å². The summed E-state index contributed by atoms with van der Waals surface area (Å²) in [5.41, 5.74) is 0.768. The molecule has 0 radical (unpaired) electrons. The molecule has 0 fully saturated rings. The van der Waals surface area contributed by atoms with Crippen molar-refractivity contribution in [3.63, 3.8) is 0 Å². The van der Waals surface area contributed by atoms with E-state index in [2.05, 4.69) is 15.3 Å². The minimum atomic E-state index is -0.685. The van der Waals surface area contributed by atoms with Crippen LogP contribution in [0.2, 0.25) is 0 Å². The Hall–Kier alpha value is -1.85. The summed E-state index contributed by atoms with van der Waals surface area (Å²) in [4.78, 5) is 29.5. The molecule has 0 aliphatic heterocycles. The average Bonchev–Trinajstić information content (AvgIpc) is 2.67. The molecule has 0 saturated heterocycles. The van der Waals surface area contributed by atoms with Crippen molar-refractivity contribution in [2.45, 2.75) is 39.3 Å². The summed E-state index contributed by atoms with van der Waals surface area (Å²) in [5.74, 6) is -0.708. The predicted molar refractivity (Wildman–Crippen MR) is 61.1 cm³/mol. The second-order valence-electron chi connectivity index (χ2n) is 4.02. The summed E-state index contributed by atoms with van der Waals surface area (Å²) < 4.78 is 5.07. The number of ether oxygens (including phenoxy) is 1. The smallest absolute Gasteiger partial charge is 0.329 e. The molecule has 0 bridgehead atoms. The number of imidazole rings is 1. The average molecular weight is 239 g/mol. The van der Waals surface area contributed by atoms with Gasteiger partial charge in [0, 0.05) is 25.2 Å². The maximum atomic E-state index is 11.7. The van der Waals surface area contributed by atoms with E-state index >= 15 is 0 Å². The van der Waals surface area contributed by atoms with Gasteiger partial charge in [-0.15, -0.1) is 0 Å². The first kappa shape index (κ1) is 13.2. The van der Waals surface area contributed by atoms with E-state index in [0.717, 1.165) is 5.69 Å². The van der Waals surface area contributed by atoms with Crippen LogP contribution >= 0.6 is 0 Å². The van der Waals surface area contributed by atoms with Gasteiger partial charge in [-0.1, -0.05) is 0 Å². The van der Waals surface area contributed by atoms with Crippen molar-refractivity contribution in [3.8, 4) is 0 Å². The molecule has 6 nitrogen and oxygen atoms in total. The Labute approximate surface area is 99.8 Å². The minimum Gasteiger partial charge on any atom is -0.461 e. The van der Waals surface area contributed by atoms with Crippen LogP contribution in [0.15, 0.2) is 12.5 Å². The number of esters is 1. The number of hydrogen-bond donors (Lipinski definition) is 2. The molecule has 0 unspecified atom stereocenters. The fraction of sp³-hybridized carbons (Fsp3) is 0.545. The third kappa shape index (κ3) is 4.67. The summed E-state index contributed by atoms with van der Waals surface area (Å²) in [5, 5.41) is 2.56. The second kappa shape index (κ2) is 6.03. The van der Waals surface area contributed by atoms with Crippen molar-refractivity contribution in [1.29, 1.82) is 0 Å². The summed E-state index contributed by atoms with van der Waals surface area (Å²) in [6, 6.07) is -0.685. The molecule has 6 heteroatoms. The van der Waals surface area contributed by atoms with Gasteiger partial charge in [-0.25, -0.2) is 9.78 Å². The van der Waals surface area contributed by atoms with E-state index in [-0.39, 0.29) is 12.0 Å². The van der Waals surface area contributed by atoms with Crippen molar-refractivity contribution in [2.24, 2.45) is 0 Å². The van der Waals surface area contributed by atoms with Crippen molar-refractivity contribution >= 4 is 11.9 Å². The number of nitrogens with zero attached hydrogens (tertiary/aromatic N) is 1. The molecule has 0 aliphatic carbocycles. The van der Waals surface area contributed by atoms with Gasteiger partial charge >= 0.3 is 5.97 Å². The maximum absolute atomic E-state index is 11.7. The number of H-pyrrole nitrogens is 1. The van der Waals surface area contributed by atoms with Gasteiger partial charge < -0.3 is 15.0 Å². The van der Waals surface area contributed by atoms with Crippen molar-refractivity contribution in [2.75, 3.05) is 0 Å². The van der Waals surface area contributed by atoms with E-state index in [9.17, 15) is 9.59 Å². The van der Waals surface area contributed by atoms with Crippen molar-refractivity contribution in [1.82, 2.24) is 15.3 Å². The predicted octanol–water partition coefficient (Wildman–Crippen LogP) is 0.408. The Morgan fingerprint density at radius 2 is 2.24 bits per heavy atom. The lowest BCUT2D eigenvalue weighted by atomic mass is 10.1. The number of amides is 1. The standard InChI is InChI=1S/C11H17N3O3/c1-7(2)17-11(16)10(14-8(3)15)4-9-5-12-6-13-9/h5-7,10H,4H2,1-3H3,(H,12,13)(H,14,15)/t10-/m0/s1. The lowest BCUT2D eigenvalue weighted by molar-refractivity contribution is -0.151. The molecule has 1 atom stereocenters. The van der Waals surface area contributed by atoms with Crippen LogP contribution in [-0.2, 0) is 20.7 Å². The van der Waals surface area contributed by atoms with E-state index in [1.165, 1.54) is 13.3 Å². The summed E-state index contributed by atoms with van der Waals surface area (Å²) in [6.45, 7) is 4.89. The fourth-order valence-electron chi connectivity index (χ4n) is 1.37. The number of carbonyl (C=O) groups is 2. The van der Waals surface area contributed by atoms with Crippen LogP contribution < -0.4 is 5.32 Å². The first-order valence-electron chi connectivity index (χ1n) is 5.44. The Morgan fingerprint density at radius 1 is 1.53 bits per heavy atom. The first-order valence-corrected chi connectivity index (χ1v) is 5.44. The van der Waals surface area contributed by atoms with E-state index in [4.69, 9.17) is 4.74 Å². The van der Waals surface area contributed by atoms with Crippen LogP contribution in [0.3, 0.4) is 0 Å². The van der Waals surface area contributed by atoms with Gasteiger partial charge in [0.05, 0.1) is 12.4 Å². The normalized spacial score (nSPS) is 12.2. The molecule has 0 saturated carbocycles. The van der Waals surface area contributed by atoms with E-state index < -0.39 is 12.0 Å². The largest absolute Gasteiger partial charge is 0.461 e. The number of nitrogens with one attached hydrogen (secondary N) is 2. The number of aromatic nitrogens is 2. The molecule has 0 aliphatic rings. The Balaban J connectivity index is 2.66. The molecule has 1 aromatic rings. The van der Waals surface area contributed by atoms with E-state index in [0.29, 0.717) is 6.42 Å². The van der Waals surface area contributed by atoms with Gasteiger partial charge in [0.15, 0.2) is 0 Å². The minimum absolute atomic E-state index is 0.208. The van der Waals surface area contributed by atoms with Gasteiger partial charge in [-0.3, -0.25) is 4.79 Å². The highest BCUT2D eigenvalue weighted by molar-refractivity contribution is 5.83. The molecule has 1 rings (SSSR count). The molecule has 2 N–H and O–H groups in total. The van der Waals surface area contributed by atoms with Crippen LogP contribution in [0.1, 0.15) is 26.5 Å². The summed E-state index contributed by atoms with van der Waals surface area (Å²) in [7, 11) is 0. The van der Waals surface area contributed by atoms with Crippen LogP contribution in [0.5, 0.6) is 0 Å². The van der Waals surface area contributed by atoms with Crippen LogP contribution in [0, 0.1) is 0 Å². The Bertz CT molecular complexity index is 373. The molecular weight excluding hydrogens is 222 g/mol. The van der Waals surface area contributed by atoms with Gasteiger partial charge in [-0.05, 0) is 13.8 Å². The third-order valence-corrected chi connectivity index (χ3v) is 1.99. The zero-order chi connectivity index (χ0) is 12.8. The highest BCUT2D eigenvalue weighted by atomic mass is 16.5. The van der Waals surface area contributed by atoms with Crippen molar-refractivity contribution in [3.05, 3.63) is 18.2 Å². The monoisotopic (exact) mass is 239 g/mol. The second-order valence-corrected chi connectivity index (χ2v) is 4.02. The van der Waals surface area contributed by atoms with Gasteiger partial charge in [0.1, 0.15) is 6.04 Å². The maximum Gasteiger partial charge on any atom is 0.329 e. The fourth-order valence-corrected chi connectivity index (χ4v) is 1.37. The molecular formula is C11H17N3O3. The van der Waals surface area contributed by atoms with Gasteiger partial charge in [-0.2, -0.15) is 0 Å². The highest BCUT2D eigenvalue weighted by Crippen LogP contribution is 2.02. The number of carbonyl (C=O) groups excluding carboxylic acids is 2. The van der Waals surface area contributed by atoms with Crippen LogP contribution in [-0.4, -0.2) is 34.0 Å². The molecule has 1 amide bonds. The molecule has 0 spiro atoms. The first-order chi connectivity index (χ1) is 7.99. The zero-order valence-corrected chi connectivity index (χ0v) is 10.2. The van der Waals surface area contributed by atoms with Crippen LogP contribution in [0.25, 0.3) is 0 Å². The van der Waals surface area contributed by atoms with Crippen LogP contribution in [0.4, 0.5) is 0 Å². The lowest BCUT2D eigenvalue weighted by Crippen LogP contribution is -2.43. The highest BCUT2D eigenvalue weighted by Gasteiger charge is 2.22. The molecule has 17 heavy (non-hydrogen) atoms. The number of rotatable bonds is 5. The molecule has 1 heterocycles. The topological polar surface area (TPSA) is 84.1 Å². The number of aromatic amines is 1. The van der Waals surface area contributed by atoms with E-state index in [1.807, 2.05) is 0 Å². The molecule has 94 valence electrons.